The third-order valence-corrected chi connectivity index (χ3v) is 2.68. The number of rotatable bonds is 4. The quantitative estimate of drug-likeness (QED) is 0.892. The van der Waals surface area contributed by atoms with Gasteiger partial charge in [0.2, 0.25) is 0 Å². The van der Waals surface area contributed by atoms with E-state index in [-0.39, 0.29) is 6.04 Å². The van der Waals surface area contributed by atoms with Crippen LogP contribution in [0.15, 0.2) is 24.4 Å². The molecule has 2 rings (SSSR count). The molecule has 0 aliphatic carbocycles. The van der Waals surface area contributed by atoms with Gasteiger partial charge >= 0.3 is 0 Å². The van der Waals surface area contributed by atoms with Crippen molar-refractivity contribution in [1.82, 2.24) is 15.0 Å². The molecule has 5 nitrogen and oxygen atoms in total. The van der Waals surface area contributed by atoms with E-state index in [4.69, 9.17) is 10.5 Å². The van der Waals surface area contributed by atoms with Gasteiger partial charge in [-0.1, -0.05) is 22.9 Å². The molecule has 5 heteroatoms. The summed E-state index contributed by atoms with van der Waals surface area (Å²) in [4.78, 5) is 0. The Morgan fingerprint density at radius 2 is 2.22 bits per heavy atom. The van der Waals surface area contributed by atoms with Crippen LogP contribution >= 0.6 is 0 Å². The Balaban J connectivity index is 2.13. The Hall–Kier alpha value is -1.88. The molecule has 0 saturated carbocycles. The minimum atomic E-state index is -0.0539. The zero-order valence-corrected chi connectivity index (χ0v) is 10.9. The summed E-state index contributed by atoms with van der Waals surface area (Å²) in [6.45, 7) is 4.39. The van der Waals surface area contributed by atoms with Crippen LogP contribution in [-0.2, 0) is 13.7 Å². The largest absolute Gasteiger partial charge is 0.487 e. The average molecular weight is 246 g/mol. The first-order valence-corrected chi connectivity index (χ1v) is 5.90. The Morgan fingerprint density at radius 1 is 1.44 bits per heavy atom. The molecule has 0 unspecified atom stereocenters. The van der Waals surface area contributed by atoms with Gasteiger partial charge in [-0.05, 0) is 19.9 Å². The van der Waals surface area contributed by atoms with Gasteiger partial charge in [-0.15, -0.1) is 5.10 Å². The molecule has 1 aromatic heterocycles. The number of hydrogen-bond acceptors (Lipinski definition) is 4. The van der Waals surface area contributed by atoms with Crippen molar-refractivity contribution in [2.45, 2.75) is 26.5 Å². The van der Waals surface area contributed by atoms with Crippen LogP contribution < -0.4 is 10.5 Å². The molecule has 1 aromatic carbocycles. The molecule has 2 aromatic rings. The van der Waals surface area contributed by atoms with Gasteiger partial charge in [0, 0.05) is 18.7 Å². The molecule has 1 atom stereocenters. The molecule has 0 saturated heterocycles. The van der Waals surface area contributed by atoms with Crippen LogP contribution in [0.1, 0.15) is 29.8 Å². The maximum atomic E-state index is 5.94. The lowest BCUT2D eigenvalue weighted by Crippen LogP contribution is -2.08. The summed E-state index contributed by atoms with van der Waals surface area (Å²) < 4.78 is 7.41. The second-order valence-electron chi connectivity index (χ2n) is 4.50. The second-order valence-corrected chi connectivity index (χ2v) is 4.50. The van der Waals surface area contributed by atoms with Gasteiger partial charge < -0.3 is 10.5 Å². The van der Waals surface area contributed by atoms with Gasteiger partial charge in [-0.2, -0.15) is 0 Å². The summed E-state index contributed by atoms with van der Waals surface area (Å²) in [7, 11) is 1.83. The van der Waals surface area contributed by atoms with Crippen molar-refractivity contribution in [3.8, 4) is 5.75 Å². The first-order chi connectivity index (χ1) is 8.56. The third-order valence-electron chi connectivity index (χ3n) is 2.68. The summed E-state index contributed by atoms with van der Waals surface area (Å²) in [5.41, 5.74) is 8.93. The van der Waals surface area contributed by atoms with Crippen LogP contribution in [0.2, 0.25) is 0 Å². The van der Waals surface area contributed by atoms with Crippen molar-refractivity contribution in [3.05, 3.63) is 41.2 Å². The molecule has 0 amide bonds. The molecule has 0 spiro atoms. The maximum Gasteiger partial charge on any atom is 0.134 e. The highest BCUT2D eigenvalue weighted by Crippen LogP contribution is 2.25. The van der Waals surface area contributed by atoms with E-state index in [1.165, 1.54) is 5.56 Å². The number of nitrogens with two attached hydrogens (primary N) is 1. The van der Waals surface area contributed by atoms with Crippen LogP contribution in [0.3, 0.4) is 0 Å². The summed E-state index contributed by atoms with van der Waals surface area (Å²) in [6, 6.07) is 5.96. The molecule has 0 radical (unpaired) electrons. The number of aryl methyl sites for hydroxylation is 2. The van der Waals surface area contributed by atoms with E-state index in [1.54, 1.807) is 4.68 Å². The van der Waals surface area contributed by atoms with Crippen LogP contribution in [0.25, 0.3) is 0 Å². The van der Waals surface area contributed by atoms with Gasteiger partial charge in [0.05, 0.1) is 6.20 Å². The fourth-order valence-corrected chi connectivity index (χ4v) is 1.77. The summed E-state index contributed by atoms with van der Waals surface area (Å²) in [6.07, 6.45) is 1.83. The standard InChI is InChI=1S/C13H18N4O/c1-9-4-5-13(12(6-9)10(2)14)18-8-11-7-17(3)16-15-11/h4-7,10H,8,14H2,1-3H3/t10-/m1/s1. The molecular weight excluding hydrogens is 228 g/mol. The summed E-state index contributed by atoms with van der Waals surface area (Å²) in [5, 5.41) is 7.84. The number of hydrogen-bond donors (Lipinski definition) is 1. The molecule has 1 heterocycles. The predicted octanol–water partition coefficient (Wildman–Crippen LogP) is 1.72. The Morgan fingerprint density at radius 3 is 2.83 bits per heavy atom. The van der Waals surface area contributed by atoms with Crippen molar-refractivity contribution in [2.75, 3.05) is 0 Å². The van der Waals surface area contributed by atoms with E-state index in [9.17, 15) is 0 Å². The van der Waals surface area contributed by atoms with Gasteiger partial charge in [0.15, 0.2) is 0 Å². The normalized spacial score (nSPS) is 12.4. The molecule has 0 aliphatic rings. The van der Waals surface area contributed by atoms with Gasteiger partial charge in [-0.3, -0.25) is 4.68 Å². The van der Waals surface area contributed by atoms with E-state index in [0.717, 1.165) is 17.0 Å². The fourth-order valence-electron chi connectivity index (χ4n) is 1.77. The van der Waals surface area contributed by atoms with E-state index < -0.39 is 0 Å². The van der Waals surface area contributed by atoms with Crippen LogP contribution in [0.5, 0.6) is 5.75 Å². The summed E-state index contributed by atoms with van der Waals surface area (Å²) >= 11 is 0. The molecule has 0 bridgehead atoms. The van der Waals surface area contributed by atoms with E-state index >= 15 is 0 Å². The predicted molar refractivity (Wildman–Crippen MR) is 69.1 cm³/mol. The average Bonchev–Trinajstić information content (AvgIpc) is 2.73. The lowest BCUT2D eigenvalue weighted by molar-refractivity contribution is 0.296. The lowest BCUT2D eigenvalue weighted by Gasteiger charge is -2.14. The molecule has 0 fully saturated rings. The Labute approximate surface area is 107 Å². The van der Waals surface area contributed by atoms with Crippen molar-refractivity contribution < 1.29 is 4.74 Å². The second kappa shape index (κ2) is 5.18. The SMILES string of the molecule is Cc1ccc(OCc2cn(C)nn2)c([C@@H](C)N)c1. The fraction of sp³-hybridized carbons (Fsp3) is 0.385. The molecule has 2 N–H and O–H groups in total. The molecule has 18 heavy (non-hydrogen) atoms. The van der Waals surface area contributed by atoms with Crippen molar-refractivity contribution in [1.29, 1.82) is 0 Å². The number of ether oxygens (including phenoxy) is 1. The number of aromatic nitrogens is 3. The number of nitrogens with zero attached hydrogens (tertiary/aromatic N) is 3. The zero-order valence-electron chi connectivity index (χ0n) is 10.9. The minimum absolute atomic E-state index is 0.0539. The molecule has 96 valence electrons. The lowest BCUT2D eigenvalue weighted by atomic mass is 10.1. The number of benzene rings is 1. The Kier molecular flexibility index (Phi) is 3.62. The van der Waals surface area contributed by atoms with Crippen LogP contribution in [0, 0.1) is 6.92 Å². The Bertz CT molecular complexity index is 534. The zero-order chi connectivity index (χ0) is 13.1. The van der Waals surface area contributed by atoms with E-state index in [0.29, 0.717) is 6.61 Å². The summed E-state index contributed by atoms with van der Waals surface area (Å²) in [5.74, 6) is 0.807. The van der Waals surface area contributed by atoms with Gasteiger partial charge in [-0.25, -0.2) is 0 Å². The van der Waals surface area contributed by atoms with Crippen LogP contribution in [-0.4, -0.2) is 15.0 Å². The molecular formula is C13H18N4O. The first kappa shape index (κ1) is 12.6. The minimum Gasteiger partial charge on any atom is -0.487 e. The highest BCUT2D eigenvalue weighted by atomic mass is 16.5. The maximum absolute atomic E-state index is 5.94. The third kappa shape index (κ3) is 2.87. The van der Waals surface area contributed by atoms with E-state index in [2.05, 4.69) is 16.4 Å². The molecule has 0 aliphatic heterocycles. The highest BCUT2D eigenvalue weighted by Gasteiger charge is 2.09. The monoisotopic (exact) mass is 246 g/mol. The first-order valence-electron chi connectivity index (χ1n) is 5.90. The van der Waals surface area contributed by atoms with Gasteiger partial charge in [0.1, 0.15) is 18.1 Å². The van der Waals surface area contributed by atoms with Crippen molar-refractivity contribution >= 4 is 0 Å². The van der Waals surface area contributed by atoms with Gasteiger partial charge in [0.25, 0.3) is 0 Å². The van der Waals surface area contributed by atoms with Crippen LogP contribution in [0.4, 0.5) is 0 Å². The van der Waals surface area contributed by atoms with Crippen molar-refractivity contribution in [3.63, 3.8) is 0 Å². The topological polar surface area (TPSA) is 66.0 Å². The van der Waals surface area contributed by atoms with E-state index in [1.807, 2.05) is 39.2 Å². The smallest absolute Gasteiger partial charge is 0.134 e. The highest BCUT2D eigenvalue weighted by molar-refractivity contribution is 5.38. The van der Waals surface area contributed by atoms with Crippen molar-refractivity contribution in [2.24, 2.45) is 12.8 Å².